The summed E-state index contributed by atoms with van der Waals surface area (Å²) in [6.45, 7) is 0. The number of hydrogen-bond acceptors (Lipinski definition) is 1. The first-order chi connectivity index (χ1) is 5.95. The Kier molecular flexibility index (Phi) is 2.45. The van der Waals surface area contributed by atoms with E-state index in [4.69, 9.17) is 0 Å². The fraction of sp³-hybridized carbons (Fsp3) is 0.700. The van der Waals surface area contributed by atoms with Gasteiger partial charge in [0.1, 0.15) is 0 Å². The highest BCUT2D eigenvalue weighted by Gasteiger charge is 2.13. The van der Waals surface area contributed by atoms with Crippen molar-refractivity contribution in [2.75, 3.05) is 0 Å². The quantitative estimate of drug-likeness (QED) is 0.715. The van der Waals surface area contributed by atoms with Gasteiger partial charge in [-0.25, -0.2) is 0 Å². The van der Waals surface area contributed by atoms with Crippen LogP contribution in [0.25, 0.3) is 0 Å². The molecule has 1 aromatic rings. The monoisotopic (exact) mass is 164 g/mol. The van der Waals surface area contributed by atoms with E-state index in [-0.39, 0.29) is 0 Å². The maximum Gasteiger partial charge on any atom is 0.0519 e. The van der Waals surface area contributed by atoms with Gasteiger partial charge in [-0.1, -0.05) is 32.1 Å². The Hall–Kier alpha value is -0.790. The number of nitrogens with zero attached hydrogens (tertiary/aromatic N) is 1. The second kappa shape index (κ2) is 3.74. The van der Waals surface area contributed by atoms with Gasteiger partial charge in [-0.05, 0) is 17.9 Å². The zero-order valence-corrected chi connectivity index (χ0v) is 7.42. The summed E-state index contributed by atoms with van der Waals surface area (Å²) in [4.78, 5) is 0. The minimum atomic E-state index is 0.927. The van der Waals surface area contributed by atoms with Gasteiger partial charge in [0.2, 0.25) is 0 Å². The van der Waals surface area contributed by atoms with Gasteiger partial charge in [0.25, 0.3) is 0 Å². The van der Waals surface area contributed by atoms with Crippen LogP contribution in [0.1, 0.15) is 37.7 Å². The molecule has 1 heterocycles. The first kappa shape index (κ1) is 7.84. The largest absolute Gasteiger partial charge is 0.285 e. The van der Waals surface area contributed by atoms with Crippen LogP contribution in [0.5, 0.6) is 0 Å². The molecule has 0 saturated heterocycles. The minimum absolute atomic E-state index is 0.927. The molecule has 0 radical (unpaired) electrons. The Labute approximate surface area is 73.4 Å². The molecular weight excluding hydrogens is 148 g/mol. The number of aromatic nitrogens is 2. The Morgan fingerprint density at radius 2 is 2.17 bits per heavy atom. The van der Waals surface area contributed by atoms with E-state index in [0.717, 1.165) is 5.92 Å². The molecule has 0 spiro atoms. The van der Waals surface area contributed by atoms with Gasteiger partial charge < -0.3 is 0 Å². The lowest BCUT2D eigenvalue weighted by molar-refractivity contribution is 0.357. The number of rotatable bonds is 2. The summed E-state index contributed by atoms with van der Waals surface area (Å²) in [5.74, 6) is 0.927. The van der Waals surface area contributed by atoms with Crippen molar-refractivity contribution in [1.82, 2.24) is 10.2 Å². The first-order valence-corrected chi connectivity index (χ1v) is 4.93. The Morgan fingerprint density at radius 3 is 2.83 bits per heavy atom. The number of hydrogen-bond donors (Lipinski definition) is 1. The highest BCUT2D eigenvalue weighted by atomic mass is 15.1. The Morgan fingerprint density at radius 1 is 1.33 bits per heavy atom. The summed E-state index contributed by atoms with van der Waals surface area (Å²) in [5, 5.41) is 6.83. The van der Waals surface area contributed by atoms with Gasteiger partial charge in [0.15, 0.2) is 0 Å². The number of H-pyrrole nitrogens is 1. The van der Waals surface area contributed by atoms with Crippen LogP contribution < -0.4 is 0 Å². The zero-order chi connectivity index (χ0) is 8.23. The van der Waals surface area contributed by atoms with E-state index < -0.39 is 0 Å². The molecule has 2 heteroatoms. The van der Waals surface area contributed by atoms with Crippen molar-refractivity contribution in [1.29, 1.82) is 0 Å². The van der Waals surface area contributed by atoms with Gasteiger partial charge >= 0.3 is 0 Å². The van der Waals surface area contributed by atoms with E-state index in [0.29, 0.717) is 0 Å². The molecule has 12 heavy (non-hydrogen) atoms. The van der Waals surface area contributed by atoms with Crippen LogP contribution in [0.4, 0.5) is 0 Å². The lowest BCUT2D eigenvalue weighted by Gasteiger charge is -2.20. The fourth-order valence-electron chi connectivity index (χ4n) is 2.11. The maximum absolute atomic E-state index is 3.96. The molecule has 2 rings (SSSR count). The van der Waals surface area contributed by atoms with E-state index in [1.54, 1.807) is 0 Å². The molecule has 1 saturated carbocycles. The van der Waals surface area contributed by atoms with Crippen molar-refractivity contribution >= 4 is 0 Å². The predicted molar refractivity (Wildman–Crippen MR) is 48.9 cm³/mol. The van der Waals surface area contributed by atoms with E-state index in [1.165, 1.54) is 44.1 Å². The molecule has 66 valence electrons. The van der Waals surface area contributed by atoms with Gasteiger partial charge in [-0.3, -0.25) is 5.10 Å². The minimum Gasteiger partial charge on any atom is -0.285 e. The van der Waals surface area contributed by atoms with E-state index in [2.05, 4.69) is 10.2 Å². The Balaban J connectivity index is 1.86. The van der Waals surface area contributed by atoms with Gasteiger partial charge in [0.05, 0.1) is 6.20 Å². The molecule has 2 nitrogen and oxygen atoms in total. The average Bonchev–Trinajstić information content (AvgIpc) is 2.59. The Bertz CT molecular complexity index is 210. The van der Waals surface area contributed by atoms with Crippen LogP contribution in [0.2, 0.25) is 0 Å². The third kappa shape index (κ3) is 1.87. The van der Waals surface area contributed by atoms with E-state index >= 15 is 0 Å². The fourth-order valence-corrected chi connectivity index (χ4v) is 2.11. The van der Waals surface area contributed by atoms with Crippen LogP contribution in [0, 0.1) is 5.92 Å². The maximum atomic E-state index is 3.96. The highest BCUT2D eigenvalue weighted by Crippen LogP contribution is 2.26. The molecule has 1 aliphatic carbocycles. The number of aromatic amines is 1. The van der Waals surface area contributed by atoms with Crippen LogP contribution in [0.3, 0.4) is 0 Å². The topological polar surface area (TPSA) is 28.7 Å². The summed E-state index contributed by atoms with van der Waals surface area (Å²) in [5.41, 5.74) is 1.38. The first-order valence-electron chi connectivity index (χ1n) is 4.93. The van der Waals surface area contributed by atoms with Crippen LogP contribution in [-0.4, -0.2) is 10.2 Å². The third-order valence-electron chi connectivity index (χ3n) is 2.80. The summed E-state index contributed by atoms with van der Waals surface area (Å²) in [6, 6.07) is 0. The zero-order valence-electron chi connectivity index (χ0n) is 7.42. The molecule has 1 N–H and O–H groups in total. The molecule has 1 aliphatic rings. The van der Waals surface area contributed by atoms with Gasteiger partial charge in [-0.15, -0.1) is 0 Å². The predicted octanol–water partition coefficient (Wildman–Crippen LogP) is 2.53. The number of nitrogens with one attached hydrogen (secondary N) is 1. The van der Waals surface area contributed by atoms with Crippen LogP contribution in [0.15, 0.2) is 12.4 Å². The van der Waals surface area contributed by atoms with Gasteiger partial charge in [0, 0.05) is 6.20 Å². The van der Waals surface area contributed by atoms with Crippen molar-refractivity contribution in [3.8, 4) is 0 Å². The third-order valence-corrected chi connectivity index (χ3v) is 2.80. The molecule has 0 aromatic carbocycles. The van der Waals surface area contributed by atoms with Crippen LogP contribution >= 0.6 is 0 Å². The second-order valence-electron chi connectivity index (χ2n) is 3.81. The van der Waals surface area contributed by atoms with E-state index in [1.807, 2.05) is 12.4 Å². The highest BCUT2D eigenvalue weighted by molar-refractivity contribution is 5.03. The molecule has 0 aliphatic heterocycles. The molecule has 0 amide bonds. The lowest BCUT2D eigenvalue weighted by Crippen LogP contribution is -2.08. The average molecular weight is 164 g/mol. The van der Waals surface area contributed by atoms with Crippen molar-refractivity contribution in [2.45, 2.75) is 38.5 Å². The van der Waals surface area contributed by atoms with Gasteiger partial charge in [-0.2, -0.15) is 5.10 Å². The molecule has 1 aromatic heterocycles. The summed E-state index contributed by atoms with van der Waals surface area (Å²) < 4.78 is 0. The van der Waals surface area contributed by atoms with E-state index in [9.17, 15) is 0 Å². The normalized spacial score (nSPS) is 19.7. The lowest BCUT2D eigenvalue weighted by atomic mass is 9.85. The second-order valence-corrected chi connectivity index (χ2v) is 3.81. The molecule has 0 bridgehead atoms. The summed E-state index contributed by atoms with van der Waals surface area (Å²) in [6.07, 6.45) is 12.4. The standard InChI is InChI=1S/C10H16N2/c1-2-4-9(5-3-1)6-10-7-11-12-8-10/h7-9H,1-6H2,(H,11,12). The summed E-state index contributed by atoms with van der Waals surface area (Å²) >= 11 is 0. The van der Waals surface area contributed by atoms with Crippen molar-refractivity contribution in [3.63, 3.8) is 0 Å². The summed E-state index contributed by atoms with van der Waals surface area (Å²) in [7, 11) is 0. The SMILES string of the molecule is c1n[nH]cc1CC1CCCCC1. The van der Waals surface area contributed by atoms with Crippen molar-refractivity contribution < 1.29 is 0 Å². The smallest absolute Gasteiger partial charge is 0.0519 e. The molecular formula is C10H16N2. The van der Waals surface area contributed by atoms with Crippen molar-refractivity contribution in [2.24, 2.45) is 5.92 Å². The van der Waals surface area contributed by atoms with Crippen molar-refractivity contribution in [3.05, 3.63) is 18.0 Å². The molecule has 0 unspecified atom stereocenters. The molecule has 1 fully saturated rings. The molecule has 0 atom stereocenters. The van der Waals surface area contributed by atoms with Crippen LogP contribution in [-0.2, 0) is 6.42 Å².